The molecule has 0 radical (unpaired) electrons. The Labute approximate surface area is 85.1 Å². The lowest BCUT2D eigenvalue weighted by molar-refractivity contribution is 0.688. The minimum absolute atomic E-state index is 0.651. The molecule has 0 unspecified atom stereocenters. The Morgan fingerprint density at radius 3 is 2.69 bits per heavy atom. The van der Waals surface area contributed by atoms with E-state index in [1.54, 1.807) is 0 Å². The van der Waals surface area contributed by atoms with Crippen LogP contribution in [-0.2, 0) is 0 Å². The van der Waals surface area contributed by atoms with E-state index in [2.05, 4.69) is 25.2 Å². The summed E-state index contributed by atoms with van der Waals surface area (Å²) in [6.07, 6.45) is 0. The first-order chi connectivity index (χ1) is 6.11. The van der Waals surface area contributed by atoms with Gasteiger partial charge in [0.15, 0.2) is 0 Å². The molecule has 72 valence electrons. The summed E-state index contributed by atoms with van der Waals surface area (Å²) in [5.41, 5.74) is 2.27. The van der Waals surface area contributed by atoms with Crippen molar-refractivity contribution in [1.29, 1.82) is 0 Å². The van der Waals surface area contributed by atoms with E-state index in [-0.39, 0.29) is 0 Å². The molecule has 0 amide bonds. The predicted molar refractivity (Wildman–Crippen MR) is 59.5 cm³/mol. The highest BCUT2D eigenvalue weighted by molar-refractivity contribution is 6.31. The number of rotatable bonds is 3. The van der Waals surface area contributed by atoms with Crippen LogP contribution in [0.15, 0.2) is 18.2 Å². The van der Waals surface area contributed by atoms with Crippen LogP contribution in [0, 0.1) is 12.8 Å². The van der Waals surface area contributed by atoms with E-state index in [4.69, 9.17) is 11.6 Å². The van der Waals surface area contributed by atoms with Gasteiger partial charge in [0.2, 0.25) is 0 Å². The molecule has 13 heavy (non-hydrogen) atoms. The lowest BCUT2D eigenvalue weighted by atomic mass is 10.1. The molecule has 1 N–H and O–H groups in total. The van der Waals surface area contributed by atoms with E-state index in [1.807, 2.05) is 19.1 Å². The third-order valence-corrected chi connectivity index (χ3v) is 2.38. The van der Waals surface area contributed by atoms with Gasteiger partial charge in [-0.25, -0.2) is 0 Å². The molecular weight excluding hydrogens is 182 g/mol. The van der Waals surface area contributed by atoms with Crippen LogP contribution in [0.2, 0.25) is 5.02 Å². The summed E-state index contributed by atoms with van der Waals surface area (Å²) in [5, 5.41) is 4.20. The van der Waals surface area contributed by atoms with Crippen molar-refractivity contribution >= 4 is 17.3 Å². The second kappa shape index (κ2) is 4.52. The van der Waals surface area contributed by atoms with Gasteiger partial charge in [-0.1, -0.05) is 31.5 Å². The minimum Gasteiger partial charge on any atom is -0.385 e. The molecule has 2 heteroatoms. The van der Waals surface area contributed by atoms with Gasteiger partial charge in [0.25, 0.3) is 0 Å². The topological polar surface area (TPSA) is 12.0 Å². The second-order valence-electron chi connectivity index (χ2n) is 3.69. The Balaban J connectivity index is 2.71. The fourth-order valence-electron chi connectivity index (χ4n) is 1.11. The number of benzene rings is 1. The van der Waals surface area contributed by atoms with Crippen molar-refractivity contribution in [1.82, 2.24) is 0 Å². The van der Waals surface area contributed by atoms with Crippen LogP contribution in [-0.4, -0.2) is 6.54 Å². The van der Waals surface area contributed by atoms with Gasteiger partial charge in [-0.15, -0.1) is 0 Å². The van der Waals surface area contributed by atoms with Crippen molar-refractivity contribution < 1.29 is 0 Å². The highest BCUT2D eigenvalue weighted by Crippen LogP contribution is 2.22. The van der Waals surface area contributed by atoms with Gasteiger partial charge in [0, 0.05) is 17.3 Å². The molecule has 1 aromatic carbocycles. The Bertz CT molecular complexity index is 281. The van der Waals surface area contributed by atoms with Gasteiger partial charge in [-0.05, 0) is 30.5 Å². The number of anilines is 1. The van der Waals surface area contributed by atoms with Gasteiger partial charge in [-0.2, -0.15) is 0 Å². The maximum atomic E-state index is 5.99. The molecule has 0 saturated carbocycles. The summed E-state index contributed by atoms with van der Waals surface area (Å²) in [6, 6.07) is 5.94. The number of hydrogen-bond donors (Lipinski definition) is 1. The van der Waals surface area contributed by atoms with E-state index in [0.29, 0.717) is 5.92 Å². The molecule has 0 atom stereocenters. The fourth-order valence-corrected chi connectivity index (χ4v) is 1.29. The molecule has 1 rings (SSSR count). The Hall–Kier alpha value is -0.690. The van der Waals surface area contributed by atoms with Crippen LogP contribution in [0.1, 0.15) is 19.4 Å². The summed E-state index contributed by atoms with van der Waals surface area (Å²) in [6.45, 7) is 7.39. The fraction of sp³-hybridized carbons (Fsp3) is 0.455. The zero-order valence-corrected chi connectivity index (χ0v) is 9.15. The number of nitrogens with one attached hydrogen (secondary N) is 1. The van der Waals surface area contributed by atoms with Crippen LogP contribution < -0.4 is 5.32 Å². The van der Waals surface area contributed by atoms with E-state index >= 15 is 0 Å². The van der Waals surface area contributed by atoms with Crippen LogP contribution in [0.3, 0.4) is 0 Å². The van der Waals surface area contributed by atoms with E-state index in [1.165, 1.54) is 0 Å². The Morgan fingerprint density at radius 2 is 2.08 bits per heavy atom. The monoisotopic (exact) mass is 197 g/mol. The van der Waals surface area contributed by atoms with Crippen molar-refractivity contribution in [3.63, 3.8) is 0 Å². The van der Waals surface area contributed by atoms with Crippen molar-refractivity contribution in [3.8, 4) is 0 Å². The highest BCUT2D eigenvalue weighted by atomic mass is 35.5. The number of hydrogen-bond acceptors (Lipinski definition) is 1. The van der Waals surface area contributed by atoms with Gasteiger partial charge < -0.3 is 5.32 Å². The smallest absolute Gasteiger partial charge is 0.0455 e. The molecule has 1 aromatic rings. The van der Waals surface area contributed by atoms with Crippen molar-refractivity contribution in [3.05, 3.63) is 28.8 Å². The minimum atomic E-state index is 0.651. The highest BCUT2D eigenvalue weighted by Gasteiger charge is 2.01. The second-order valence-corrected chi connectivity index (χ2v) is 4.09. The molecule has 0 aliphatic carbocycles. The van der Waals surface area contributed by atoms with Crippen LogP contribution in [0.4, 0.5) is 5.69 Å². The van der Waals surface area contributed by atoms with Crippen LogP contribution in [0.25, 0.3) is 0 Å². The molecule has 0 bridgehead atoms. The quantitative estimate of drug-likeness (QED) is 0.779. The van der Waals surface area contributed by atoms with E-state index in [9.17, 15) is 0 Å². The van der Waals surface area contributed by atoms with Crippen molar-refractivity contribution in [2.75, 3.05) is 11.9 Å². The van der Waals surface area contributed by atoms with Gasteiger partial charge in [-0.3, -0.25) is 0 Å². The van der Waals surface area contributed by atoms with Crippen LogP contribution in [0.5, 0.6) is 0 Å². The molecule has 0 spiro atoms. The molecule has 0 saturated heterocycles. The molecule has 0 heterocycles. The van der Waals surface area contributed by atoms with Crippen molar-refractivity contribution in [2.45, 2.75) is 20.8 Å². The van der Waals surface area contributed by atoms with Gasteiger partial charge in [0.1, 0.15) is 0 Å². The summed E-state index contributed by atoms with van der Waals surface area (Å²) in [7, 11) is 0. The third-order valence-electron chi connectivity index (χ3n) is 1.97. The molecule has 1 nitrogen and oxygen atoms in total. The first kappa shape index (κ1) is 10.4. The molecule has 0 aromatic heterocycles. The maximum absolute atomic E-state index is 5.99. The molecular formula is C11H16ClN. The zero-order chi connectivity index (χ0) is 9.84. The molecule has 0 fully saturated rings. The predicted octanol–water partition coefficient (Wildman–Crippen LogP) is 3.72. The zero-order valence-electron chi connectivity index (χ0n) is 8.39. The summed E-state index contributed by atoms with van der Waals surface area (Å²) in [5.74, 6) is 0.651. The van der Waals surface area contributed by atoms with Crippen LogP contribution >= 0.6 is 11.6 Å². The SMILES string of the molecule is Cc1c(Cl)cccc1NCC(C)C. The Kier molecular flexibility index (Phi) is 3.61. The molecule has 0 aliphatic heterocycles. The summed E-state index contributed by atoms with van der Waals surface area (Å²) >= 11 is 5.99. The first-order valence-corrected chi connectivity index (χ1v) is 4.98. The summed E-state index contributed by atoms with van der Waals surface area (Å²) in [4.78, 5) is 0. The third kappa shape index (κ3) is 2.92. The van der Waals surface area contributed by atoms with E-state index in [0.717, 1.165) is 22.8 Å². The number of halogens is 1. The Morgan fingerprint density at radius 1 is 1.38 bits per heavy atom. The largest absolute Gasteiger partial charge is 0.385 e. The normalized spacial score (nSPS) is 10.5. The average Bonchev–Trinajstić information content (AvgIpc) is 2.07. The molecule has 0 aliphatic rings. The average molecular weight is 198 g/mol. The van der Waals surface area contributed by atoms with Crippen molar-refractivity contribution in [2.24, 2.45) is 5.92 Å². The lowest BCUT2D eigenvalue weighted by Crippen LogP contribution is -2.08. The lowest BCUT2D eigenvalue weighted by Gasteiger charge is -2.12. The standard InChI is InChI=1S/C11H16ClN/c1-8(2)7-13-11-6-4-5-10(12)9(11)3/h4-6,8,13H,7H2,1-3H3. The summed E-state index contributed by atoms with van der Waals surface area (Å²) < 4.78 is 0. The van der Waals surface area contributed by atoms with Gasteiger partial charge >= 0.3 is 0 Å². The maximum Gasteiger partial charge on any atom is 0.0455 e. The van der Waals surface area contributed by atoms with E-state index < -0.39 is 0 Å². The first-order valence-electron chi connectivity index (χ1n) is 4.60. The van der Waals surface area contributed by atoms with Gasteiger partial charge in [0.05, 0.1) is 0 Å².